The molecule has 0 bridgehead atoms. The van der Waals surface area contributed by atoms with Crippen LogP contribution in [0.5, 0.6) is 5.75 Å². The molecule has 0 atom stereocenters. The lowest BCUT2D eigenvalue weighted by Crippen LogP contribution is -2.13. The molecular formula is C24H19N5O3S2. The van der Waals surface area contributed by atoms with Crippen LogP contribution in [0.15, 0.2) is 99.9 Å². The van der Waals surface area contributed by atoms with Crippen molar-refractivity contribution >= 4 is 38.2 Å². The fourth-order valence-electron chi connectivity index (χ4n) is 3.49. The summed E-state index contributed by atoms with van der Waals surface area (Å²) in [6.07, 6.45) is 0. The first kappa shape index (κ1) is 21.9. The molecule has 34 heavy (non-hydrogen) atoms. The predicted octanol–water partition coefficient (Wildman–Crippen LogP) is 4.78. The average Bonchev–Trinajstić information content (AvgIpc) is 3.31. The van der Waals surface area contributed by atoms with Gasteiger partial charge in [0.05, 0.1) is 21.2 Å². The molecule has 1 aromatic heterocycles. The number of anilines is 1. The smallest absolute Gasteiger partial charge is 0.261 e. The van der Waals surface area contributed by atoms with Gasteiger partial charge in [0, 0.05) is 10.8 Å². The third kappa shape index (κ3) is 4.20. The molecule has 0 unspecified atom stereocenters. The van der Waals surface area contributed by atoms with Crippen molar-refractivity contribution in [2.45, 2.75) is 21.9 Å². The molecule has 170 valence electrons. The first-order valence-corrected chi connectivity index (χ1v) is 12.6. The summed E-state index contributed by atoms with van der Waals surface area (Å²) in [5.41, 5.74) is 2.06. The number of aromatic nitrogens is 4. The minimum Gasteiger partial charge on any atom is -0.506 e. The third-order valence-corrected chi connectivity index (χ3v) is 7.55. The van der Waals surface area contributed by atoms with Crippen molar-refractivity contribution < 1.29 is 13.5 Å². The Morgan fingerprint density at radius 2 is 1.59 bits per heavy atom. The molecule has 0 aliphatic carbocycles. The van der Waals surface area contributed by atoms with E-state index in [1.165, 1.54) is 0 Å². The number of nitrogens with one attached hydrogen (secondary N) is 1. The minimum absolute atomic E-state index is 0.0153. The summed E-state index contributed by atoms with van der Waals surface area (Å²) in [7, 11) is -3.85. The Labute approximate surface area is 200 Å². The predicted molar refractivity (Wildman–Crippen MR) is 131 cm³/mol. The highest BCUT2D eigenvalue weighted by Crippen LogP contribution is 2.42. The van der Waals surface area contributed by atoms with Crippen LogP contribution in [0.2, 0.25) is 0 Å². The number of aryl methyl sites for hydroxylation is 1. The van der Waals surface area contributed by atoms with E-state index < -0.39 is 10.0 Å². The highest BCUT2D eigenvalue weighted by molar-refractivity contribution is 7.99. The Bertz CT molecular complexity index is 1580. The van der Waals surface area contributed by atoms with E-state index in [4.69, 9.17) is 0 Å². The number of hydrogen-bond donors (Lipinski definition) is 2. The molecule has 8 nitrogen and oxygen atoms in total. The van der Waals surface area contributed by atoms with Crippen LogP contribution in [0.1, 0.15) is 5.56 Å². The van der Waals surface area contributed by atoms with Crippen LogP contribution in [-0.4, -0.2) is 33.7 Å². The second-order valence-electron chi connectivity index (χ2n) is 7.55. The van der Waals surface area contributed by atoms with E-state index in [-0.39, 0.29) is 10.6 Å². The minimum atomic E-state index is -3.85. The summed E-state index contributed by atoms with van der Waals surface area (Å²) >= 11 is 1.14. The Morgan fingerprint density at radius 1 is 0.912 bits per heavy atom. The van der Waals surface area contributed by atoms with Crippen molar-refractivity contribution in [3.8, 4) is 11.4 Å². The average molecular weight is 490 g/mol. The van der Waals surface area contributed by atoms with E-state index >= 15 is 0 Å². The normalized spacial score (nSPS) is 11.6. The standard InChI is InChI=1S/C24H19N5O3S2/c1-16-11-13-18(14-12-16)34(31,32)26-21-15-22(23(30)20-10-6-5-9-19(20)21)33-24-25-27-28-29(24)17-7-3-2-4-8-17/h2-15,26,30H,1H3. The zero-order valence-electron chi connectivity index (χ0n) is 18.0. The summed E-state index contributed by atoms with van der Waals surface area (Å²) in [5, 5.41) is 24.4. The second kappa shape index (κ2) is 8.81. The topological polar surface area (TPSA) is 110 Å². The number of sulfonamides is 1. The van der Waals surface area contributed by atoms with Crippen LogP contribution in [0.25, 0.3) is 16.5 Å². The van der Waals surface area contributed by atoms with Crippen LogP contribution in [0.3, 0.4) is 0 Å². The van der Waals surface area contributed by atoms with Gasteiger partial charge in [0.1, 0.15) is 5.75 Å². The summed E-state index contributed by atoms with van der Waals surface area (Å²) in [4.78, 5) is 0.560. The maximum Gasteiger partial charge on any atom is 0.261 e. The van der Waals surface area contributed by atoms with Crippen molar-refractivity contribution in [2.75, 3.05) is 4.72 Å². The van der Waals surface area contributed by atoms with Gasteiger partial charge in [-0.3, -0.25) is 4.72 Å². The summed E-state index contributed by atoms with van der Waals surface area (Å²) in [5.74, 6) is 0.0153. The monoisotopic (exact) mass is 489 g/mol. The van der Waals surface area contributed by atoms with Crippen LogP contribution < -0.4 is 4.72 Å². The number of nitrogens with zero attached hydrogens (tertiary/aromatic N) is 4. The molecule has 5 aromatic rings. The highest BCUT2D eigenvalue weighted by Gasteiger charge is 2.20. The van der Waals surface area contributed by atoms with Crippen LogP contribution >= 0.6 is 11.8 Å². The summed E-state index contributed by atoms with van der Waals surface area (Å²) in [6.45, 7) is 1.89. The molecule has 0 saturated carbocycles. The van der Waals surface area contributed by atoms with Gasteiger partial charge in [0.2, 0.25) is 5.16 Å². The van der Waals surface area contributed by atoms with Gasteiger partial charge >= 0.3 is 0 Å². The lowest BCUT2D eigenvalue weighted by Gasteiger charge is -2.15. The molecule has 4 aromatic carbocycles. The van der Waals surface area contributed by atoms with Gasteiger partial charge in [0.15, 0.2) is 0 Å². The molecule has 1 heterocycles. The van der Waals surface area contributed by atoms with Crippen molar-refractivity contribution in [3.05, 3.63) is 90.5 Å². The number of phenols is 1. The Balaban J connectivity index is 1.58. The van der Waals surface area contributed by atoms with E-state index in [1.54, 1.807) is 59.3 Å². The number of phenolic OH excluding ortho intramolecular Hbond substituents is 1. The highest BCUT2D eigenvalue weighted by atomic mass is 32.2. The Hall–Kier alpha value is -3.89. The van der Waals surface area contributed by atoms with Gasteiger partial charge in [-0.25, -0.2) is 8.42 Å². The van der Waals surface area contributed by atoms with Gasteiger partial charge < -0.3 is 5.11 Å². The number of rotatable bonds is 6. The first-order valence-electron chi connectivity index (χ1n) is 10.3. The van der Waals surface area contributed by atoms with E-state index in [0.717, 1.165) is 23.0 Å². The van der Waals surface area contributed by atoms with Crippen molar-refractivity contribution in [3.63, 3.8) is 0 Å². The summed E-state index contributed by atoms with van der Waals surface area (Å²) < 4.78 is 30.4. The zero-order chi connectivity index (χ0) is 23.7. The lowest BCUT2D eigenvalue weighted by atomic mass is 10.1. The molecule has 5 rings (SSSR count). The molecule has 0 fully saturated rings. The molecule has 0 aliphatic heterocycles. The number of benzene rings is 4. The third-order valence-electron chi connectivity index (χ3n) is 5.20. The Morgan fingerprint density at radius 3 is 2.32 bits per heavy atom. The van der Waals surface area contributed by atoms with Gasteiger partial charge in [-0.05, 0) is 59.4 Å². The quantitative estimate of drug-likeness (QED) is 0.330. The van der Waals surface area contributed by atoms with E-state index in [9.17, 15) is 13.5 Å². The Kier molecular flexibility index (Phi) is 5.68. The van der Waals surface area contributed by atoms with Crippen molar-refractivity contribution in [2.24, 2.45) is 0 Å². The summed E-state index contributed by atoms with van der Waals surface area (Å²) in [6, 6.07) is 24.6. The van der Waals surface area contributed by atoms with Gasteiger partial charge in [-0.1, -0.05) is 60.2 Å². The molecule has 0 radical (unpaired) electrons. The van der Waals surface area contributed by atoms with Crippen LogP contribution in [0, 0.1) is 6.92 Å². The van der Waals surface area contributed by atoms with Gasteiger partial charge in [-0.2, -0.15) is 4.68 Å². The van der Waals surface area contributed by atoms with Gasteiger partial charge in [0.25, 0.3) is 10.0 Å². The first-order chi connectivity index (χ1) is 16.4. The van der Waals surface area contributed by atoms with Crippen LogP contribution in [-0.2, 0) is 10.0 Å². The van der Waals surface area contributed by atoms with Crippen molar-refractivity contribution in [1.82, 2.24) is 20.2 Å². The maximum absolute atomic E-state index is 13.1. The molecule has 0 spiro atoms. The molecule has 0 aliphatic rings. The SMILES string of the molecule is Cc1ccc(S(=O)(=O)Nc2cc(Sc3nnnn3-c3ccccc3)c(O)c3ccccc23)cc1. The molecule has 0 amide bonds. The van der Waals surface area contributed by atoms with E-state index in [1.807, 2.05) is 37.3 Å². The molecule has 0 saturated heterocycles. The maximum atomic E-state index is 13.1. The number of aromatic hydroxyl groups is 1. The number of hydrogen-bond acceptors (Lipinski definition) is 7. The van der Waals surface area contributed by atoms with Crippen LogP contribution in [0.4, 0.5) is 5.69 Å². The number of para-hydroxylation sites is 1. The van der Waals surface area contributed by atoms with E-state index in [0.29, 0.717) is 26.5 Å². The molecule has 10 heteroatoms. The molecular weight excluding hydrogens is 470 g/mol. The largest absolute Gasteiger partial charge is 0.506 e. The lowest BCUT2D eigenvalue weighted by molar-refractivity contribution is 0.469. The number of tetrazole rings is 1. The van der Waals surface area contributed by atoms with E-state index in [2.05, 4.69) is 20.2 Å². The second-order valence-corrected chi connectivity index (χ2v) is 10.2. The van der Waals surface area contributed by atoms with Crippen molar-refractivity contribution in [1.29, 1.82) is 0 Å². The van der Waals surface area contributed by atoms with Gasteiger partial charge in [-0.15, -0.1) is 5.10 Å². The number of fused-ring (bicyclic) bond motifs is 1. The fraction of sp³-hybridized carbons (Fsp3) is 0.0417. The fourth-order valence-corrected chi connectivity index (χ4v) is 5.45. The molecule has 2 N–H and O–H groups in total. The zero-order valence-corrected chi connectivity index (χ0v) is 19.6.